The number of rotatable bonds is 5. The highest BCUT2D eigenvalue weighted by molar-refractivity contribution is 5.79. The summed E-state index contributed by atoms with van der Waals surface area (Å²) in [4.78, 5) is 22.6. The minimum atomic E-state index is 0. The molecule has 0 aromatic carbocycles. The molecule has 4 saturated carbocycles. The van der Waals surface area contributed by atoms with Gasteiger partial charge < -0.3 is 4.74 Å². The van der Waals surface area contributed by atoms with Gasteiger partial charge in [-0.2, -0.15) is 0 Å². The Kier molecular flexibility index (Phi) is 13.0. The molecule has 0 aliphatic heterocycles. The van der Waals surface area contributed by atoms with E-state index in [0.717, 1.165) is 36.5 Å². The van der Waals surface area contributed by atoms with E-state index in [0.29, 0.717) is 24.7 Å². The van der Waals surface area contributed by atoms with E-state index in [2.05, 4.69) is 0 Å². The lowest BCUT2D eigenvalue weighted by molar-refractivity contribution is -0.144. The van der Waals surface area contributed by atoms with E-state index in [1.165, 1.54) is 103 Å². The van der Waals surface area contributed by atoms with Gasteiger partial charge in [-0.25, -0.2) is 0 Å². The third-order valence-electron chi connectivity index (χ3n) is 8.87. The molecule has 0 N–H and O–H groups in total. The van der Waals surface area contributed by atoms with Gasteiger partial charge in [0.25, 0.3) is 0 Å². The second kappa shape index (κ2) is 15.2. The number of esters is 1. The van der Waals surface area contributed by atoms with Gasteiger partial charge in [0.15, 0.2) is 0 Å². The predicted molar refractivity (Wildman–Crippen MR) is 133 cm³/mol. The van der Waals surface area contributed by atoms with E-state index in [4.69, 9.17) is 4.74 Å². The Hall–Kier alpha value is -0.795. The van der Waals surface area contributed by atoms with Gasteiger partial charge in [-0.3, -0.25) is 9.59 Å². The van der Waals surface area contributed by atoms with E-state index in [1.807, 2.05) is 6.92 Å². The maximum atomic E-state index is 11.5. The maximum absolute atomic E-state index is 11.5. The van der Waals surface area contributed by atoms with Crippen LogP contribution in [0.2, 0.25) is 0 Å². The van der Waals surface area contributed by atoms with Gasteiger partial charge in [0.2, 0.25) is 0 Å². The van der Waals surface area contributed by atoms with Gasteiger partial charge in [0.05, 0.1) is 6.61 Å². The molecule has 0 aromatic rings. The molecule has 4 heteroatoms. The van der Waals surface area contributed by atoms with Crippen molar-refractivity contribution in [3.8, 4) is 0 Å². The first-order chi connectivity index (χ1) is 15.2. The van der Waals surface area contributed by atoms with Crippen LogP contribution in [0.5, 0.6) is 0 Å². The van der Waals surface area contributed by atoms with Crippen LogP contribution in [0.3, 0.4) is 0 Å². The highest BCUT2D eigenvalue weighted by Gasteiger charge is 2.29. The molecule has 0 atom stereocenters. The van der Waals surface area contributed by atoms with E-state index in [9.17, 15) is 9.59 Å². The van der Waals surface area contributed by atoms with Crippen LogP contribution < -0.4 is 0 Å². The van der Waals surface area contributed by atoms with Crippen molar-refractivity contribution in [2.45, 2.75) is 129 Å². The number of hydrogen-bond donors (Lipinski definition) is 0. The number of Topliss-reactive ketones (excluding diaryl/α,β-unsaturated/α-hetero) is 1. The van der Waals surface area contributed by atoms with Gasteiger partial charge in [-0.1, -0.05) is 64.2 Å². The average Bonchev–Trinajstić information content (AvgIpc) is 2.82. The number of hydrogen-bond acceptors (Lipinski definition) is 3. The van der Waals surface area contributed by atoms with Crippen molar-refractivity contribution in [2.24, 2.45) is 29.6 Å². The lowest BCUT2D eigenvalue weighted by Crippen LogP contribution is -2.25. The molecule has 32 heavy (non-hydrogen) atoms. The van der Waals surface area contributed by atoms with E-state index in [1.54, 1.807) is 0 Å². The Bertz CT molecular complexity index is 519. The van der Waals surface area contributed by atoms with Crippen LogP contribution in [0.4, 0.5) is 0 Å². The normalized spacial score (nSPS) is 28.2. The average molecular weight is 444 g/mol. The number of carbonyl (C=O) groups is 2. The SMILES string of the molecule is CCOC(=O)CC1CCC(C2CCCCC2)CC1.O=C1CCC(C2CCCCC2)CC1.[B]. The van der Waals surface area contributed by atoms with Crippen molar-refractivity contribution in [1.82, 2.24) is 0 Å². The van der Waals surface area contributed by atoms with Crippen LogP contribution >= 0.6 is 0 Å². The van der Waals surface area contributed by atoms with Gasteiger partial charge >= 0.3 is 5.97 Å². The topological polar surface area (TPSA) is 43.4 Å². The molecular formula is C28H48BO3. The summed E-state index contributed by atoms with van der Waals surface area (Å²) in [5.41, 5.74) is 0. The van der Waals surface area contributed by atoms with Crippen LogP contribution in [0.1, 0.15) is 129 Å². The first-order valence-corrected chi connectivity index (χ1v) is 13.8. The number of ketones is 1. The zero-order chi connectivity index (χ0) is 21.9. The van der Waals surface area contributed by atoms with E-state index in [-0.39, 0.29) is 14.4 Å². The number of carbonyl (C=O) groups excluding carboxylic acids is 2. The monoisotopic (exact) mass is 443 g/mol. The van der Waals surface area contributed by atoms with Crippen LogP contribution in [0.15, 0.2) is 0 Å². The van der Waals surface area contributed by atoms with Gasteiger partial charge in [-0.05, 0) is 75.0 Å². The summed E-state index contributed by atoms with van der Waals surface area (Å²) in [6, 6.07) is 0. The molecule has 4 fully saturated rings. The molecule has 0 aromatic heterocycles. The Labute approximate surface area is 199 Å². The first-order valence-electron chi connectivity index (χ1n) is 13.8. The molecule has 0 amide bonds. The maximum Gasteiger partial charge on any atom is 0.306 e. The summed E-state index contributed by atoms with van der Waals surface area (Å²) in [7, 11) is 0. The minimum absolute atomic E-state index is 0. The van der Waals surface area contributed by atoms with Crippen molar-refractivity contribution in [3.05, 3.63) is 0 Å². The predicted octanol–water partition coefficient (Wildman–Crippen LogP) is 7.27. The fraction of sp³-hybridized carbons (Fsp3) is 0.929. The fourth-order valence-corrected chi connectivity index (χ4v) is 6.96. The summed E-state index contributed by atoms with van der Waals surface area (Å²) in [6.07, 6.45) is 24.5. The second-order valence-electron chi connectivity index (χ2n) is 11.0. The summed E-state index contributed by atoms with van der Waals surface area (Å²) < 4.78 is 5.05. The zero-order valence-corrected chi connectivity index (χ0v) is 20.8. The minimum Gasteiger partial charge on any atom is -0.466 e. The highest BCUT2D eigenvalue weighted by Crippen LogP contribution is 2.41. The van der Waals surface area contributed by atoms with Gasteiger partial charge in [0.1, 0.15) is 5.78 Å². The molecule has 4 aliphatic carbocycles. The molecule has 181 valence electrons. The van der Waals surface area contributed by atoms with Crippen LogP contribution in [-0.4, -0.2) is 26.8 Å². The Morgan fingerprint density at radius 3 is 1.59 bits per heavy atom. The molecule has 0 saturated heterocycles. The molecule has 0 spiro atoms. The zero-order valence-electron chi connectivity index (χ0n) is 20.8. The smallest absolute Gasteiger partial charge is 0.306 e. The molecule has 4 aliphatic rings. The van der Waals surface area contributed by atoms with Crippen LogP contribution in [0, 0.1) is 29.6 Å². The van der Waals surface area contributed by atoms with Crippen LogP contribution in [-0.2, 0) is 14.3 Å². The van der Waals surface area contributed by atoms with Crippen LogP contribution in [0.25, 0.3) is 0 Å². The van der Waals surface area contributed by atoms with Gasteiger partial charge in [-0.15, -0.1) is 0 Å². The Balaban J connectivity index is 0.000000230. The van der Waals surface area contributed by atoms with E-state index >= 15 is 0 Å². The third kappa shape index (κ3) is 9.22. The Morgan fingerprint density at radius 1 is 0.688 bits per heavy atom. The van der Waals surface area contributed by atoms with Crippen molar-refractivity contribution < 1.29 is 14.3 Å². The summed E-state index contributed by atoms with van der Waals surface area (Å²) in [5.74, 6) is 4.96. The van der Waals surface area contributed by atoms with Crippen molar-refractivity contribution in [3.63, 3.8) is 0 Å². The molecule has 0 unspecified atom stereocenters. The standard InChI is InChI=1S/C16H28O2.C12H20O.B/c1-2-18-16(17)12-13-8-10-15(11-9-13)14-6-4-3-5-7-14;13-12-8-6-11(7-9-12)10-4-2-1-3-5-10;/h13-15H,2-12H2,1H3;10-11H,1-9H2;. The molecule has 0 heterocycles. The highest BCUT2D eigenvalue weighted by atomic mass is 16.5. The summed E-state index contributed by atoms with van der Waals surface area (Å²) in [6.45, 7) is 2.41. The molecule has 3 nitrogen and oxygen atoms in total. The van der Waals surface area contributed by atoms with Gasteiger partial charge in [0, 0.05) is 27.7 Å². The molecule has 4 rings (SSSR count). The molecule has 0 bridgehead atoms. The quantitative estimate of drug-likeness (QED) is 0.331. The lowest BCUT2D eigenvalue weighted by atomic mass is 9.70. The fourth-order valence-electron chi connectivity index (χ4n) is 6.96. The summed E-state index contributed by atoms with van der Waals surface area (Å²) in [5, 5.41) is 0. The largest absolute Gasteiger partial charge is 0.466 e. The van der Waals surface area contributed by atoms with E-state index < -0.39 is 0 Å². The number of ether oxygens (including phenoxy) is 1. The summed E-state index contributed by atoms with van der Waals surface area (Å²) >= 11 is 0. The lowest BCUT2D eigenvalue weighted by Gasteiger charge is -2.35. The van der Waals surface area contributed by atoms with Crippen molar-refractivity contribution >= 4 is 20.2 Å². The first kappa shape index (κ1) is 27.4. The molecule has 3 radical (unpaired) electrons. The molecular weight excluding hydrogens is 395 g/mol. The van der Waals surface area contributed by atoms with Crippen molar-refractivity contribution in [1.29, 1.82) is 0 Å². The second-order valence-corrected chi connectivity index (χ2v) is 11.0. The van der Waals surface area contributed by atoms with Crippen molar-refractivity contribution in [2.75, 3.05) is 6.61 Å². The third-order valence-corrected chi connectivity index (χ3v) is 8.87. The Morgan fingerprint density at radius 2 is 1.12 bits per heavy atom.